The summed E-state index contributed by atoms with van der Waals surface area (Å²) in [4.78, 5) is 0. The first-order valence-corrected chi connectivity index (χ1v) is 5.13. The molecule has 0 aromatic heterocycles. The second-order valence-electron chi connectivity index (χ2n) is 5.56. The molecule has 0 radical (unpaired) electrons. The molecule has 1 aliphatic carbocycles. The summed E-state index contributed by atoms with van der Waals surface area (Å²) in [6.45, 7) is 10.6. The van der Waals surface area contributed by atoms with Gasteiger partial charge in [-0.05, 0) is 44.9 Å². The molecule has 13 heavy (non-hydrogen) atoms. The smallest absolute Gasteiger partial charge is 0.0594 e. The van der Waals surface area contributed by atoms with Crippen molar-refractivity contribution in [2.45, 2.75) is 53.1 Å². The molecule has 1 nitrogen and oxygen atoms in total. The molecule has 0 amide bonds. The monoisotopic (exact) mass is 182 g/mol. The number of hydrogen-bond acceptors (Lipinski definition) is 1. The molecule has 1 atom stereocenters. The fourth-order valence-electron chi connectivity index (χ4n) is 2.14. The Hall–Kier alpha value is -0.300. The Morgan fingerprint density at radius 1 is 1.54 bits per heavy atom. The molecule has 0 heterocycles. The van der Waals surface area contributed by atoms with Crippen molar-refractivity contribution in [1.29, 1.82) is 0 Å². The number of allylic oxidation sites excluding steroid dienone is 2. The van der Waals surface area contributed by atoms with Gasteiger partial charge in [0.05, 0.1) is 5.60 Å². The van der Waals surface area contributed by atoms with E-state index in [9.17, 15) is 5.11 Å². The van der Waals surface area contributed by atoms with E-state index in [0.717, 1.165) is 12.8 Å². The third-order valence-electron chi connectivity index (χ3n) is 3.49. The fraction of sp³-hybridized carbons (Fsp3) is 0.833. The van der Waals surface area contributed by atoms with Crippen LogP contribution in [-0.2, 0) is 0 Å². The summed E-state index contributed by atoms with van der Waals surface area (Å²) in [5, 5.41) is 9.77. The van der Waals surface area contributed by atoms with Gasteiger partial charge in [0.25, 0.3) is 0 Å². The van der Waals surface area contributed by atoms with Crippen LogP contribution in [0.2, 0.25) is 0 Å². The number of rotatable bonds is 2. The fourth-order valence-corrected chi connectivity index (χ4v) is 2.14. The Kier molecular flexibility index (Phi) is 2.59. The van der Waals surface area contributed by atoms with Gasteiger partial charge in [-0.2, -0.15) is 0 Å². The Balaban J connectivity index is 2.67. The Morgan fingerprint density at radius 3 is 2.38 bits per heavy atom. The quantitative estimate of drug-likeness (QED) is 0.650. The maximum atomic E-state index is 9.77. The summed E-state index contributed by atoms with van der Waals surface area (Å²) >= 11 is 0. The normalized spacial score (nSPS) is 27.5. The SMILES string of the molecule is CC1=CCC(CC(C)(C)O)C1(C)C. The van der Waals surface area contributed by atoms with Crippen molar-refractivity contribution in [3.63, 3.8) is 0 Å². The molecule has 0 spiro atoms. The third kappa shape index (κ3) is 2.34. The molecule has 0 aromatic carbocycles. The van der Waals surface area contributed by atoms with Crippen molar-refractivity contribution >= 4 is 0 Å². The van der Waals surface area contributed by atoms with Gasteiger partial charge in [-0.25, -0.2) is 0 Å². The van der Waals surface area contributed by atoms with Gasteiger partial charge in [0.15, 0.2) is 0 Å². The van der Waals surface area contributed by atoms with Crippen LogP contribution in [0.5, 0.6) is 0 Å². The zero-order chi connectivity index (χ0) is 10.3. The maximum Gasteiger partial charge on any atom is 0.0594 e. The Bertz CT molecular complexity index is 218. The summed E-state index contributed by atoms with van der Waals surface area (Å²) in [5.41, 5.74) is 1.22. The highest BCUT2D eigenvalue weighted by Crippen LogP contribution is 2.46. The maximum absolute atomic E-state index is 9.77. The summed E-state index contributed by atoms with van der Waals surface area (Å²) < 4.78 is 0. The van der Waals surface area contributed by atoms with Gasteiger partial charge in [-0.15, -0.1) is 0 Å². The zero-order valence-electron chi connectivity index (χ0n) is 9.52. The van der Waals surface area contributed by atoms with Crippen LogP contribution in [0.25, 0.3) is 0 Å². The molecule has 1 rings (SSSR count). The van der Waals surface area contributed by atoms with Gasteiger partial charge in [-0.1, -0.05) is 25.5 Å². The topological polar surface area (TPSA) is 20.2 Å². The van der Waals surface area contributed by atoms with E-state index < -0.39 is 5.60 Å². The highest BCUT2D eigenvalue weighted by atomic mass is 16.3. The van der Waals surface area contributed by atoms with E-state index in [-0.39, 0.29) is 5.41 Å². The highest BCUT2D eigenvalue weighted by Gasteiger charge is 2.37. The summed E-state index contributed by atoms with van der Waals surface area (Å²) in [5.74, 6) is 0.604. The highest BCUT2D eigenvalue weighted by molar-refractivity contribution is 5.18. The largest absolute Gasteiger partial charge is 0.390 e. The predicted octanol–water partition coefficient (Wildman–Crippen LogP) is 3.14. The molecule has 0 bridgehead atoms. The van der Waals surface area contributed by atoms with E-state index in [0.29, 0.717) is 5.92 Å². The minimum absolute atomic E-state index is 0.278. The second-order valence-corrected chi connectivity index (χ2v) is 5.56. The lowest BCUT2D eigenvalue weighted by atomic mass is 9.73. The predicted molar refractivity (Wildman–Crippen MR) is 56.6 cm³/mol. The van der Waals surface area contributed by atoms with Gasteiger partial charge in [-0.3, -0.25) is 0 Å². The third-order valence-corrected chi connectivity index (χ3v) is 3.49. The lowest BCUT2D eigenvalue weighted by Gasteiger charge is -2.33. The molecule has 1 heteroatoms. The van der Waals surface area contributed by atoms with Crippen LogP contribution in [0, 0.1) is 11.3 Å². The molecule has 0 aromatic rings. The van der Waals surface area contributed by atoms with Crippen LogP contribution in [-0.4, -0.2) is 10.7 Å². The first-order chi connectivity index (χ1) is 5.73. The lowest BCUT2D eigenvalue weighted by Crippen LogP contribution is -2.30. The van der Waals surface area contributed by atoms with Gasteiger partial charge < -0.3 is 5.11 Å². The van der Waals surface area contributed by atoms with E-state index in [1.165, 1.54) is 5.57 Å². The van der Waals surface area contributed by atoms with Crippen molar-refractivity contribution in [2.75, 3.05) is 0 Å². The van der Waals surface area contributed by atoms with Crippen LogP contribution < -0.4 is 0 Å². The second kappa shape index (κ2) is 3.13. The molecule has 1 N–H and O–H groups in total. The van der Waals surface area contributed by atoms with Crippen molar-refractivity contribution < 1.29 is 5.11 Å². The van der Waals surface area contributed by atoms with Crippen LogP contribution in [0.4, 0.5) is 0 Å². The van der Waals surface area contributed by atoms with Gasteiger partial charge in [0, 0.05) is 0 Å². The first kappa shape index (κ1) is 10.8. The molecule has 0 saturated heterocycles. The number of hydrogen-bond donors (Lipinski definition) is 1. The van der Waals surface area contributed by atoms with Crippen molar-refractivity contribution in [1.82, 2.24) is 0 Å². The molecule has 1 aliphatic rings. The molecule has 0 aliphatic heterocycles. The molecule has 0 fully saturated rings. The van der Waals surface area contributed by atoms with Crippen molar-refractivity contribution in [3.05, 3.63) is 11.6 Å². The Labute approximate surface area is 81.9 Å². The average molecular weight is 182 g/mol. The van der Waals surface area contributed by atoms with Crippen LogP contribution >= 0.6 is 0 Å². The average Bonchev–Trinajstić information content (AvgIpc) is 2.13. The van der Waals surface area contributed by atoms with E-state index in [1.807, 2.05) is 13.8 Å². The molecule has 0 saturated carbocycles. The van der Waals surface area contributed by atoms with E-state index in [2.05, 4.69) is 26.8 Å². The molecular weight excluding hydrogens is 160 g/mol. The van der Waals surface area contributed by atoms with Crippen LogP contribution in [0.1, 0.15) is 47.5 Å². The van der Waals surface area contributed by atoms with Gasteiger partial charge in [0.1, 0.15) is 0 Å². The van der Waals surface area contributed by atoms with E-state index in [1.54, 1.807) is 0 Å². The molecular formula is C12H22O. The minimum atomic E-state index is -0.527. The van der Waals surface area contributed by atoms with Crippen LogP contribution in [0.15, 0.2) is 11.6 Å². The van der Waals surface area contributed by atoms with Crippen molar-refractivity contribution in [3.8, 4) is 0 Å². The lowest BCUT2D eigenvalue weighted by molar-refractivity contribution is 0.0367. The van der Waals surface area contributed by atoms with Crippen LogP contribution in [0.3, 0.4) is 0 Å². The molecule has 76 valence electrons. The zero-order valence-corrected chi connectivity index (χ0v) is 9.52. The summed E-state index contributed by atoms with van der Waals surface area (Å²) in [7, 11) is 0. The standard InChI is InChI=1S/C12H22O/c1-9-6-7-10(12(9,4)5)8-11(2,3)13/h6,10,13H,7-8H2,1-5H3. The number of aliphatic hydroxyl groups is 1. The van der Waals surface area contributed by atoms with Gasteiger partial charge >= 0.3 is 0 Å². The molecule has 1 unspecified atom stereocenters. The Morgan fingerprint density at radius 2 is 2.08 bits per heavy atom. The first-order valence-electron chi connectivity index (χ1n) is 5.13. The summed E-state index contributed by atoms with van der Waals surface area (Å²) in [6.07, 6.45) is 4.34. The van der Waals surface area contributed by atoms with E-state index >= 15 is 0 Å². The summed E-state index contributed by atoms with van der Waals surface area (Å²) in [6, 6.07) is 0. The minimum Gasteiger partial charge on any atom is -0.390 e. The van der Waals surface area contributed by atoms with Gasteiger partial charge in [0.2, 0.25) is 0 Å². The van der Waals surface area contributed by atoms with Crippen molar-refractivity contribution in [2.24, 2.45) is 11.3 Å². The van der Waals surface area contributed by atoms with E-state index in [4.69, 9.17) is 0 Å².